The fourth-order valence-corrected chi connectivity index (χ4v) is 2.74. The Bertz CT molecular complexity index is 220. The molecule has 0 spiro atoms. The average molecular weight is 227 g/mol. The molecule has 0 saturated heterocycles. The number of hydrogen-bond donors (Lipinski definition) is 3. The molecule has 1 rings (SSSR count). The van der Waals surface area contributed by atoms with Crippen molar-refractivity contribution in [1.82, 2.24) is 5.32 Å². The number of nitrogens with one attached hydrogen (secondary N) is 1. The first-order chi connectivity index (χ1) is 7.61. The van der Waals surface area contributed by atoms with Crippen molar-refractivity contribution >= 4 is 5.84 Å². The number of nitrogens with two attached hydrogens (primary N) is 1. The smallest absolute Gasteiger partial charge is 0.139 e. The predicted molar refractivity (Wildman–Crippen MR) is 66.6 cm³/mol. The van der Waals surface area contributed by atoms with Gasteiger partial charge >= 0.3 is 0 Å². The molecule has 2 unspecified atom stereocenters. The van der Waals surface area contributed by atoms with Gasteiger partial charge in [-0.3, -0.25) is 0 Å². The van der Waals surface area contributed by atoms with Crippen LogP contribution >= 0.6 is 0 Å². The highest BCUT2D eigenvalue weighted by Gasteiger charge is 2.22. The zero-order chi connectivity index (χ0) is 12.0. The van der Waals surface area contributed by atoms with Gasteiger partial charge in [-0.05, 0) is 44.1 Å². The second-order valence-corrected chi connectivity index (χ2v) is 5.26. The maximum absolute atomic E-state index is 8.39. The lowest BCUT2D eigenvalue weighted by Gasteiger charge is -2.32. The number of hydrogen-bond acceptors (Lipinski definition) is 3. The van der Waals surface area contributed by atoms with Crippen molar-refractivity contribution in [2.45, 2.75) is 52.0 Å². The molecule has 0 aliphatic heterocycles. The van der Waals surface area contributed by atoms with Crippen LogP contribution in [0.15, 0.2) is 5.16 Å². The molecule has 1 saturated carbocycles. The minimum Gasteiger partial charge on any atom is -0.409 e. The maximum atomic E-state index is 8.39. The molecule has 0 aromatic heterocycles. The largest absolute Gasteiger partial charge is 0.409 e. The van der Waals surface area contributed by atoms with Crippen LogP contribution in [0.1, 0.15) is 46.0 Å². The summed E-state index contributed by atoms with van der Waals surface area (Å²) >= 11 is 0. The lowest BCUT2D eigenvalue weighted by atomic mass is 9.80. The van der Waals surface area contributed by atoms with Gasteiger partial charge in [0.15, 0.2) is 0 Å². The summed E-state index contributed by atoms with van der Waals surface area (Å²) in [6.07, 6.45) is 5.54. The van der Waals surface area contributed by atoms with E-state index in [1.165, 1.54) is 19.3 Å². The maximum Gasteiger partial charge on any atom is 0.139 e. The molecular formula is C12H25N3O. The van der Waals surface area contributed by atoms with Gasteiger partial charge in [-0.1, -0.05) is 19.0 Å². The molecule has 94 valence electrons. The number of oxime groups is 1. The van der Waals surface area contributed by atoms with E-state index in [4.69, 9.17) is 10.9 Å². The van der Waals surface area contributed by atoms with E-state index in [1.54, 1.807) is 0 Å². The highest BCUT2D eigenvalue weighted by molar-refractivity contribution is 5.79. The summed E-state index contributed by atoms with van der Waals surface area (Å²) in [6, 6.07) is 0.658. The van der Waals surface area contributed by atoms with Gasteiger partial charge in [0, 0.05) is 12.5 Å². The molecule has 0 aromatic carbocycles. The zero-order valence-electron chi connectivity index (χ0n) is 10.4. The van der Waals surface area contributed by atoms with E-state index in [0.717, 1.165) is 24.8 Å². The van der Waals surface area contributed by atoms with Crippen LogP contribution < -0.4 is 11.1 Å². The zero-order valence-corrected chi connectivity index (χ0v) is 10.4. The Morgan fingerprint density at radius 1 is 1.31 bits per heavy atom. The van der Waals surface area contributed by atoms with Gasteiger partial charge in [-0.25, -0.2) is 0 Å². The molecule has 0 radical (unpaired) electrons. The normalized spacial score (nSPS) is 31.6. The van der Waals surface area contributed by atoms with E-state index in [2.05, 4.69) is 24.3 Å². The quantitative estimate of drug-likeness (QED) is 0.221. The third kappa shape index (κ3) is 4.84. The van der Waals surface area contributed by atoms with Gasteiger partial charge in [0.05, 0.1) is 0 Å². The Labute approximate surface area is 98.3 Å². The molecule has 1 fully saturated rings. The molecule has 1 aliphatic carbocycles. The Kier molecular flexibility index (Phi) is 5.60. The molecule has 0 amide bonds. The van der Waals surface area contributed by atoms with Gasteiger partial charge in [0.2, 0.25) is 0 Å². The summed E-state index contributed by atoms with van der Waals surface area (Å²) in [5.74, 6) is 2.00. The second kappa shape index (κ2) is 6.74. The van der Waals surface area contributed by atoms with Crippen LogP contribution in [0.5, 0.6) is 0 Å². The Hall–Kier alpha value is -0.770. The SMILES string of the molecule is CC1CC(C)CC(NCCCC(N)=NO)C1. The highest BCUT2D eigenvalue weighted by atomic mass is 16.4. The molecule has 0 heterocycles. The lowest BCUT2D eigenvalue weighted by Crippen LogP contribution is -2.37. The van der Waals surface area contributed by atoms with Crippen molar-refractivity contribution in [2.75, 3.05) is 6.54 Å². The Morgan fingerprint density at radius 2 is 1.94 bits per heavy atom. The summed E-state index contributed by atoms with van der Waals surface area (Å²) in [5.41, 5.74) is 5.41. The fraction of sp³-hybridized carbons (Fsp3) is 0.917. The molecule has 0 bridgehead atoms. The predicted octanol–water partition coefficient (Wildman–Crippen LogP) is 1.93. The van der Waals surface area contributed by atoms with Crippen molar-refractivity contribution in [3.63, 3.8) is 0 Å². The summed E-state index contributed by atoms with van der Waals surface area (Å²) in [7, 11) is 0. The van der Waals surface area contributed by atoms with Crippen molar-refractivity contribution in [3.05, 3.63) is 0 Å². The van der Waals surface area contributed by atoms with Crippen LogP contribution in [0.3, 0.4) is 0 Å². The third-order valence-electron chi connectivity index (χ3n) is 3.35. The van der Waals surface area contributed by atoms with Gasteiger partial charge in [0.25, 0.3) is 0 Å². The fourth-order valence-electron chi connectivity index (χ4n) is 2.74. The summed E-state index contributed by atoms with van der Waals surface area (Å²) in [6.45, 7) is 5.63. The van der Waals surface area contributed by atoms with E-state index >= 15 is 0 Å². The monoisotopic (exact) mass is 227 g/mol. The van der Waals surface area contributed by atoms with Gasteiger partial charge in [-0.15, -0.1) is 0 Å². The molecule has 16 heavy (non-hydrogen) atoms. The van der Waals surface area contributed by atoms with Crippen LogP contribution in [0.2, 0.25) is 0 Å². The number of nitrogens with zero attached hydrogens (tertiary/aromatic N) is 1. The first-order valence-electron chi connectivity index (χ1n) is 6.31. The van der Waals surface area contributed by atoms with Crippen molar-refractivity contribution in [1.29, 1.82) is 0 Å². The summed E-state index contributed by atoms with van der Waals surface area (Å²) in [4.78, 5) is 0. The minimum absolute atomic E-state index is 0.326. The molecule has 1 aliphatic rings. The summed E-state index contributed by atoms with van der Waals surface area (Å²) < 4.78 is 0. The second-order valence-electron chi connectivity index (χ2n) is 5.26. The third-order valence-corrected chi connectivity index (χ3v) is 3.35. The average Bonchev–Trinajstić information content (AvgIpc) is 2.22. The molecule has 4 heteroatoms. The van der Waals surface area contributed by atoms with Gasteiger partial charge < -0.3 is 16.3 Å². The van der Waals surface area contributed by atoms with E-state index < -0.39 is 0 Å². The first kappa shape index (κ1) is 13.3. The molecule has 2 atom stereocenters. The molecular weight excluding hydrogens is 202 g/mol. The van der Waals surface area contributed by atoms with E-state index in [1.807, 2.05) is 0 Å². The van der Waals surface area contributed by atoms with Crippen LogP contribution in [-0.4, -0.2) is 23.6 Å². The van der Waals surface area contributed by atoms with Crippen molar-refractivity contribution in [3.8, 4) is 0 Å². The van der Waals surface area contributed by atoms with E-state index in [9.17, 15) is 0 Å². The Morgan fingerprint density at radius 3 is 2.50 bits per heavy atom. The van der Waals surface area contributed by atoms with E-state index in [0.29, 0.717) is 18.3 Å². The topological polar surface area (TPSA) is 70.6 Å². The van der Waals surface area contributed by atoms with Crippen LogP contribution in [0, 0.1) is 11.8 Å². The lowest BCUT2D eigenvalue weighted by molar-refractivity contribution is 0.239. The standard InChI is InChI=1S/C12H25N3O/c1-9-6-10(2)8-11(7-9)14-5-3-4-12(13)15-16/h9-11,14,16H,3-8H2,1-2H3,(H2,13,15). The first-order valence-corrected chi connectivity index (χ1v) is 6.31. The summed E-state index contributed by atoms with van der Waals surface area (Å²) in [5, 5.41) is 14.9. The highest BCUT2D eigenvalue weighted by Crippen LogP contribution is 2.28. The molecule has 0 aromatic rings. The Balaban J connectivity index is 2.12. The minimum atomic E-state index is 0.326. The number of amidine groups is 1. The van der Waals surface area contributed by atoms with Crippen molar-refractivity contribution < 1.29 is 5.21 Å². The van der Waals surface area contributed by atoms with Gasteiger partial charge in [0.1, 0.15) is 5.84 Å². The van der Waals surface area contributed by atoms with Crippen LogP contribution in [0.4, 0.5) is 0 Å². The number of rotatable bonds is 5. The van der Waals surface area contributed by atoms with Gasteiger partial charge in [-0.2, -0.15) is 0 Å². The molecule has 4 nitrogen and oxygen atoms in total. The van der Waals surface area contributed by atoms with E-state index in [-0.39, 0.29) is 0 Å². The van der Waals surface area contributed by atoms with Crippen LogP contribution in [0.25, 0.3) is 0 Å². The molecule has 4 N–H and O–H groups in total. The van der Waals surface area contributed by atoms with Crippen LogP contribution in [-0.2, 0) is 0 Å². The van der Waals surface area contributed by atoms with Crippen molar-refractivity contribution in [2.24, 2.45) is 22.7 Å².